The fourth-order valence-electron chi connectivity index (χ4n) is 5.34. The molecule has 168 valence electrons. The minimum absolute atomic E-state index is 0.159. The van der Waals surface area contributed by atoms with Crippen LogP contribution < -0.4 is 4.74 Å². The second-order valence-corrected chi connectivity index (χ2v) is 9.26. The minimum Gasteiger partial charge on any atom is -0.472 e. The summed E-state index contributed by atoms with van der Waals surface area (Å²) in [5.74, 6) is 0.730. The molecular weight excluding hydrogens is 396 g/mol. The molecule has 1 fully saturated rings. The number of nitrogens with zero attached hydrogens (tertiary/aromatic N) is 3. The zero-order chi connectivity index (χ0) is 22.1. The molecule has 0 bridgehead atoms. The summed E-state index contributed by atoms with van der Waals surface area (Å²) < 4.78 is 6.11. The number of H-pyrrole nitrogens is 1. The van der Waals surface area contributed by atoms with Crippen LogP contribution in [0.3, 0.4) is 0 Å². The molecule has 1 aromatic carbocycles. The van der Waals surface area contributed by atoms with E-state index in [9.17, 15) is 0 Å². The van der Waals surface area contributed by atoms with Crippen LogP contribution in [0, 0.1) is 0 Å². The van der Waals surface area contributed by atoms with E-state index in [1.165, 1.54) is 34.1 Å². The van der Waals surface area contributed by atoms with E-state index in [0.717, 1.165) is 44.9 Å². The van der Waals surface area contributed by atoms with E-state index in [0.29, 0.717) is 6.04 Å². The number of nitrogens with one attached hydrogen (secondary N) is 1. The minimum atomic E-state index is 0.159. The topological polar surface area (TPSA) is 44.4 Å². The molecule has 0 spiro atoms. The van der Waals surface area contributed by atoms with Gasteiger partial charge in [0.2, 0.25) is 5.88 Å². The predicted octanol–water partition coefficient (Wildman–Crippen LogP) is 4.95. The zero-order valence-electron chi connectivity index (χ0n) is 19.3. The average Bonchev–Trinajstić information content (AvgIpc) is 3.14. The predicted molar refractivity (Wildman–Crippen MR) is 130 cm³/mol. The van der Waals surface area contributed by atoms with Gasteiger partial charge in [-0.1, -0.05) is 37.3 Å². The summed E-state index contributed by atoms with van der Waals surface area (Å²) in [7, 11) is 0. The second kappa shape index (κ2) is 9.08. The Hall–Kier alpha value is -2.63. The van der Waals surface area contributed by atoms with Crippen LogP contribution in [0.5, 0.6) is 5.88 Å². The smallest absolute Gasteiger partial charge is 0.213 e. The number of hydrogen-bond donors (Lipinski definition) is 1. The largest absolute Gasteiger partial charge is 0.472 e. The number of aromatic amines is 1. The number of rotatable bonds is 8. The van der Waals surface area contributed by atoms with Crippen molar-refractivity contribution in [2.24, 2.45) is 0 Å². The van der Waals surface area contributed by atoms with E-state index in [4.69, 9.17) is 9.72 Å². The summed E-state index contributed by atoms with van der Waals surface area (Å²) in [5.41, 5.74) is 5.17. The third kappa shape index (κ3) is 3.96. The molecule has 0 saturated carbocycles. The van der Waals surface area contributed by atoms with Crippen LogP contribution in [0.25, 0.3) is 10.9 Å². The highest BCUT2D eigenvalue weighted by Gasteiger charge is 2.35. The van der Waals surface area contributed by atoms with Crippen molar-refractivity contribution in [1.29, 1.82) is 0 Å². The number of aromatic nitrogens is 2. The molecule has 1 N–H and O–H groups in total. The maximum atomic E-state index is 6.11. The molecule has 32 heavy (non-hydrogen) atoms. The molecule has 0 radical (unpaired) electrons. The SMILES string of the molecule is C=CCCN1[C@H](c2ccc(OC3CN(CCC)C3)nc2)c2[nH]c3ccccc3c2C[C@H]1C. The maximum Gasteiger partial charge on any atom is 0.213 e. The van der Waals surface area contributed by atoms with E-state index in [1.807, 2.05) is 18.3 Å². The third-order valence-electron chi connectivity index (χ3n) is 6.93. The van der Waals surface area contributed by atoms with Crippen LogP contribution in [0.15, 0.2) is 55.3 Å². The third-order valence-corrected chi connectivity index (χ3v) is 6.93. The lowest BCUT2D eigenvalue weighted by Crippen LogP contribution is -2.53. The highest BCUT2D eigenvalue weighted by Crippen LogP contribution is 2.40. The molecule has 2 atom stereocenters. The molecule has 0 aliphatic carbocycles. The van der Waals surface area contributed by atoms with Gasteiger partial charge in [-0.15, -0.1) is 6.58 Å². The molecule has 0 unspecified atom stereocenters. The van der Waals surface area contributed by atoms with Crippen LogP contribution in [-0.2, 0) is 6.42 Å². The molecule has 2 aliphatic heterocycles. The molecule has 4 heterocycles. The molecule has 1 saturated heterocycles. The van der Waals surface area contributed by atoms with Gasteiger partial charge in [0.15, 0.2) is 0 Å². The van der Waals surface area contributed by atoms with Crippen LogP contribution in [-0.4, -0.2) is 58.1 Å². The number of hydrogen-bond acceptors (Lipinski definition) is 4. The fourth-order valence-corrected chi connectivity index (χ4v) is 5.34. The van der Waals surface area contributed by atoms with Gasteiger partial charge in [-0.2, -0.15) is 0 Å². The van der Waals surface area contributed by atoms with Gasteiger partial charge in [-0.05, 0) is 49.9 Å². The Morgan fingerprint density at radius 1 is 1.19 bits per heavy atom. The van der Waals surface area contributed by atoms with Gasteiger partial charge >= 0.3 is 0 Å². The van der Waals surface area contributed by atoms with Gasteiger partial charge in [0.25, 0.3) is 0 Å². The van der Waals surface area contributed by atoms with Gasteiger partial charge in [-0.25, -0.2) is 4.98 Å². The van der Waals surface area contributed by atoms with Gasteiger partial charge < -0.3 is 9.72 Å². The van der Waals surface area contributed by atoms with Crippen molar-refractivity contribution >= 4 is 10.9 Å². The lowest BCUT2D eigenvalue weighted by Gasteiger charge is -2.41. The number of pyridine rings is 1. The van der Waals surface area contributed by atoms with E-state index in [2.05, 4.69) is 65.5 Å². The Kier molecular flexibility index (Phi) is 6.03. The molecule has 5 nitrogen and oxygen atoms in total. The summed E-state index contributed by atoms with van der Waals surface area (Å²) in [6, 6.07) is 13.5. The quantitative estimate of drug-likeness (QED) is 0.514. The average molecular weight is 431 g/mol. The van der Waals surface area contributed by atoms with E-state index >= 15 is 0 Å². The number of likely N-dealkylation sites (tertiary alicyclic amines) is 1. The first kappa shape index (κ1) is 21.2. The van der Waals surface area contributed by atoms with Crippen molar-refractivity contribution in [3.05, 3.63) is 72.1 Å². The van der Waals surface area contributed by atoms with Gasteiger partial charge in [-0.3, -0.25) is 9.80 Å². The lowest BCUT2D eigenvalue weighted by atomic mass is 9.89. The summed E-state index contributed by atoms with van der Waals surface area (Å²) in [4.78, 5) is 13.5. The van der Waals surface area contributed by atoms with Crippen LogP contribution in [0.4, 0.5) is 0 Å². The Morgan fingerprint density at radius 3 is 2.78 bits per heavy atom. The Balaban J connectivity index is 1.42. The van der Waals surface area contributed by atoms with Crippen molar-refractivity contribution in [1.82, 2.24) is 19.8 Å². The first-order valence-electron chi connectivity index (χ1n) is 12.0. The molecular formula is C27H34N4O. The highest BCUT2D eigenvalue weighted by atomic mass is 16.5. The lowest BCUT2D eigenvalue weighted by molar-refractivity contribution is 0.0174. The first-order valence-corrected chi connectivity index (χ1v) is 12.0. The summed E-state index contributed by atoms with van der Waals surface area (Å²) in [6.45, 7) is 12.7. The molecule has 2 aromatic heterocycles. The van der Waals surface area contributed by atoms with Gasteiger partial charge in [0.1, 0.15) is 6.10 Å². The van der Waals surface area contributed by atoms with E-state index < -0.39 is 0 Å². The second-order valence-electron chi connectivity index (χ2n) is 9.26. The Morgan fingerprint density at radius 2 is 2.03 bits per heavy atom. The van der Waals surface area contributed by atoms with Crippen molar-refractivity contribution in [2.75, 3.05) is 26.2 Å². The fraction of sp³-hybridized carbons (Fsp3) is 0.444. The van der Waals surface area contributed by atoms with Crippen molar-refractivity contribution in [2.45, 2.75) is 51.3 Å². The van der Waals surface area contributed by atoms with Crippen LogP contribution >= 0.6 is 0 Å². The van der Waals surface area contributed by atoms with E-state index in [-0.39, 0.29) is 12.1 Å². The number of fused-ring (bicyclic) bond motifs is 3. The summed E-state index contributed by atoms with van der Waals surface area (Å²) >= 11 is 0. The monoisotopic (exact) mass is 430 g/mol. The maximum absolute atomic E-state index is 6.11. The molecule has 2 aliphatic rings. The number of para-hydroxylation sites is 1. The number of benzene rings is 1. The van der Waals surface area contributed by atoms with Crippen molar-refractivity contribution in [3.8, 4) is 5.88 Å². The van der Waals surface area contributed by atoms with Crippen LogP contribution in [0.2, 0.25) is 0 Å². The molecule has 3 aromatic rings. The Labute approximate surface area is 191 Å². The van der Waals surface area contributed by atoms with Gasteiger partial charge in [0.05, 0.1) is 6.04 Å². The van der Waals surface area contributed by atoms with E-state index in [1.54, 1.807) is 0 Å². The zero-order valence-corrected chi connectivity index (χ0v) is 19.3. The number of ether oxygens (including phenoxy) is 1. The molecule has 5 rings (SSSR count). The standard InChI is InChI=1S/C27H34N4O/c1-4-6-14-31-19(3)15-23-22-9-7-8-10-24(22)29-26(23)27(31)20-11-12-25(28-16-20)32-21-17-30(18-21)13-5-2/h4,7-12,16,19,21,27,29H,1,5-6,13-15,17-18H2,2-3H3/t19-,27-/m1/s1. The van der Waals surface area contributed by atoms with Crippen molar-refractivity contribution < 1.29 is 4.74 Å². The van der Waals surface area contributed by atoms with Crippen molar-refractivity contribution in [3.63, 3.8) is 0 Å². The first-order chi connectivity index (χ1) is 15.7. The van der Waals surface area contributed by atoms with Crippen LogP contribution in [0.1, 0.15) is 49.6 Å². The summed E-state index contributed by atoms with van der Waals surface area (Å²) in [5, 5.41) is 1.34. The Bertz CT molecular complexity index is 1070. The normalized spacial score (nSPS) is 21.9. The molecule has 5 heteroatoms. The van der Waals surface area contributed by atoms with Gasteiger partial charge in [0, 0.05) is 54.5 Å². The molecule has 0 amide bonds. The summed E-state index contributed by atoms with van der Waals surface area (Å²) in [6.07, 6.45) is 7.51. The highest BCUT2D eigenvalue weighted by molar-refractivity contribution is 5.85.